The van der Waals surface area contributed by atoms with Gasteiger partial charge in [0.2, 0.25) is 0 Å². The van der Waals surface area contributed by atoms with Crippen molar-refractivity contribution in [1.82, 2.24) is 0 Å². The average Bonchev–Trinajstić information content (AvgIpc) is 1.52. The molecule has 0 bridgehead atoms. The molecule has 0 saturated carbocycles. The third kappa shape index (κ3) is 33.4. The number of carboxylic acids is 1. The van der Waals surface area contributed by atoms with Crippen LogP contribution in [0.3, 0.4) is 0 Å². The number of carbonyl (C=O) groups is 1. The minimum atomic E-state index is -4.32. The van der Waals surface area contributed by atoms with Crippen LogP contribution >= 0.6 is 15.9 Å². The molecule has 0 spiro atoms. The maximum atomic E-state index is 9.76. The van der Waals surface area contributed by atoms with E-state index in [-0.39, 0.29) is 0 Å². The minimum Gasteiger partial charge on any atom is -0.481 e. The van der Waals surface area contributed by atoms with Crippen LogP contribution < -0.4 is 0 Å². The van der Waals surface area contributed by atoms with Crippen molar-refractivity contribution in [3.8, 4) is 0 Å². The van der Waals surface area contributed by atoms with E-state index < -0.39 is 28.0 Å². The molecule has 0 atom stereocenters. The predicted octanol–water partition coefficient (Wildman–Crippen LogP) is -1.12. The molecule has 10 heteroatoms. The van der Waals surface area contributed by atoms with Gasteiger partial charge < -0.3 is 14.9 Å². The molecule has 0 aliphatic carbocycles. The first-order valence-corrected chi connectivity index (χ1v) is 5.23. The van der Waals surface area contributed by atoms with Gasteiger partial charge in [0.25, 0.3) is 0 Å². The number of carboxylic acid groups (broad SMARTS) is 1. The summed E-state index contributed by atoms with van der Waals surface area (Å²) in [5.74, 6) is -1.49. The van der Waals surface area contributed by atoms with Gasteiger partial charge in [-0.3, -0.25) is 9.36 Å². The van der Waals surface area contributed by atoms with Gasteiger partial charge in [0.1, 0.15) is 6.16 Å². The Bertz CT molecular complexity index is 199. The summed E-state index contributed by atoms with van der Waals surface area (Å²) in [5, 5.41) is 7.76. The summed E-state index contributed by atoms with van der Waals surface area (Å²) >= 11 is 0. The van der Waals surface area contributed by atoms with Crippen molar-refractivity contribution >= 4 is 21.8 Å². The van der Waals surface area contributed by atoms with Gasteiger partial charge in [-0.2, -0.15) is 0 Å². The summed E-state index contributed by atoms with van der Waals surface area (Å²) in [6.07, 6.45) is -1.09. The molecule has 0 heterocycles. The van der Waals surface area contributed by atoms with Crippen LogP contribution in [-0.4, -0.2) is 36.8 Å². The van der Waals surface area contributed by atoms with Crippen LogP contribution in [0.5, 0.6) is 0 Å². The first-order valence-electron chi connectivity index (χ1n) is 2.26. The first kappa shape index (κ1) is 14.2. The smallest absolute Gasteiger partial charge is 0.481 e. The van der Waals surface area contributed by atoms with Crippen LogP contribution in [0, 0.1) is 0 Å². The highest BCUT2D eigenvalue weighted by Crippen LogP contribution is 2.33. The van der Waals surface area contributed by atoms with Crippen LogP contribution in [0.4, 0.5) is 0 Å². The van der Waals surface area contributed by atoms with E-state index in [1.165, 1.54) is 0 Å². The second-order valence-electron chi connectivity index (χ2n) is 1.47. The van der Waals surface area contributed by atoms with Crippen LogP contribution in [0.15, 0.2) is 0 Å². The molecule has 0 aromatic rings. The molecule has 0 rings (SSSR count). The summed E-state index contributed by atoms with van der Waals surface area (Å²) in [7, 11) is -7.19. The van der Waals surface area contributed by atoms with Crippen molar-refractivity contribution < 1.29 is 38.6 Å². The van der Waals surface area contributed by atoms with Crippen LogP contribution in [0.2, 0.25) is 0 Å². The maximum absolute atomic E-state index is 9.76. The van der Waals surface area contributed by atoms with Crippen molar-refractivity contribution in [3.63, 3.8) is 0 Å². The second kappa shape index (κ2) is 6.19. The Morgan fingerprint density at radius 1 is 1.33 bits per heavy atom. The molecule has 12 heavy (non-hydrogen) atoms. The van der Waals surface area contributed by atoms with Gasteiger partial charge in [0.05, 0.1) is 0 Å². The van der Waals surface area contributed by atoms with Gasteiger partial charge in [-0.25, -0.2) is 0 Å². The lowest BCUT2D eigenvalue weighted by Crippen LogP contribution is -2.01. The van der Waals surface area contributed by atoms with E-state index in [0.717, 1.165) is 0 Å². The summed E-state index contributed by atoms with van der Waals surface area (Å²) in [6, 6.07) is 0. The molecule has 0 saturated heterocycles. The van der Waals surface area contributed by atoms with Crippen LogP contribution in [-0.2, 0) is 13.9 Å². The molecule has 0 aliphatic rings. The fourth-order valence-electron chi connectivity index (χ4n) is 0.176. The average molecular weight is 221 g/mol. The summed E-state index contributed by atoms with van der Waals surface area (Å²) in [4.78, 5) is 39.6. The molecule has 0 amide bonds. The molecule has 0 fully saturated rings. The quantitative estimate of drug-likeness (QED) is 0.367. The second-order valence-corrected chi connectivity index (χ2v) is 3.62. The van der Waals surface area contributed by atoms with E-state index in [4.69, 9.17) is 29.2 Å². The molecule has 0 unspecified atom stereocenters. The van der Waals surface area contributed by atoms with E-state index in [1.807, 2.05) is 0 Å². The van der Waals surface area contributed by atoms with Crippen molar-refractivity contribution in [3.05, 3.63) is 0 Å². The molecule has 0 radical (unpaired) electrons. The zero-order valence-electron chi connectivity index (χ0n) is 5.56. The summed E-state index contributed by atoms with van der Waals surface area (Å²) < 4.78 is 18.5. The van der Waals surface area contributed by atoms with E-state index in [2.05, 4.69) is 0 Å². The third-order valence-corrected chi connectivity index (χ3v) is 1.02. The van der Waals surface area contributed by atoms with Gasteiger partial charge >= 0.3 is 21.8 Å². The molecular weight excluding hydrogens is 214 g/mol. The molecular formula is C2H7O8P2+. The first-order chi connectivity index (χ1) is 5.15. The largest absolute Gasteiger partial charge is 0.692 e. The van der Waals surface area contributed by atoms with E-state index in [9.17, 15) is 9.36 Å². The van der Waals surface area contributed by atoms with Gasteiger partial charge in [-0.1, -0.05) is 0 Å². The van der Waals surface area contributed by atoms with E-state index in [0.29, 0.717) is 0 Å². The van der Waals surface area contributed by atoms with Crippen molar-refractivity contribution in [2.24, 2.45) is 0 Å². The van der Waals surface area contributed by atoms with Crippen LogP contribution in [0.1, 0.15) is 0 Å². The van der Waals surface area contributed by atoms with Crippen LogP contribution in [0.25, 0.3) is 0 Å². The highest BCUT2D eigenvalue weighted by molar-refractivity contribution is 7.52. The van der Waals surface area contributed by atoms with Gasteiger partial charge in [0.15, 0.2) is 0 Å². The maximum Gasteiger partial charge on any atom is 0.692 e. The Kier molecular flexibility index (Phi) is 7.31. The third-order valence-electron chi connectivity index (χ3n) is 0.341. The van der Waals surface area contributed by atoms with Gasteiger partial charge in [0, 0.05) is 4.57 Å². The van der Waals surface area contributed by atoms with Crippen molar-refractivity contribution in [2.75, 3.05) is 6.16 Å². The fourth-order valence-corrected chi connectivity index (χ4v) is 0.529. The summed E-state index contributed by atoms with van der Waals surface area (Å²) in [6.45, 7) is 0. The SMILES string of the molecule is O=C(O)CP(=O)(O)O.O=[P+](O)O. The molecule has 0 aromatic carbocycles. The Balaban J connectivity index is 0. The highest BCUT2D eigenvalue weighted by atomic mass is 31.2. The number of aliphatic carboxylic acids is 1. The number of hydrogen-bond donors (Lipinski definition) is 5. The summed E-state index contributed by atoms with van der Waals surface area (Å²) in [5.41, 5.74) is 0. The van der Waals surface area contributed by atoms with Gasteiger partial charge in [-0.15, -0.1) is 9.79 Å². The topological polar surface area (TPSA) is 152 Å². The number of hydrogen-bond acceptors (Lipinski definition) is 3. The Hall–Kier alpha value is -0.360. The van der Waals surface area contributed by atoms with E-state index in [1.54, 1.807) is 0 Å². The monoisotopic (exact) mass is 221 g/mol. The highest BCUT2D eigenvalue weighted by Gasteiger charge is 2.17. The lowest BCUT2D eigenvalue weighted by Gasteiger charge is -1.95. The standard InChI is InChI=1S/C2H5O5P.HO3P/c3-2(4)1-8(5,6)7;1-4(2)3/h1H2,(H,3,4)(H2,5,6,7);(H-,1,2,3)/p+1. The Morgan fingerprint density at radius 3 is 1.58 bits per heavy atom. The lowest BCUT2D eigenvalue weighted by molar-refractivity contribution is -0.134. The molecule has 5 N–H and O–H groups in total. The normalized spacial score (nSPS) is 9.67. The van der Waals surface area contributed by atoms with Gasteiger partial charge in [-0.05, 0) is 0 Å². The Morgan fingerprint density at radius 2 is 1.58 bits per heavy atom. The molecule has 0 aromatic heterocycles. The fraction of sp³-hybridized carbons (Fsp3) is 0.500. The molecule has 8 nitrogen and oxygen atoms in total. The van der Waals surface area contributed by atoms with E-state index >= 15 is 0 Å². The molecule has 0 aliphatic heterocycles. The Labute approximate surface area is 67.6 Å². The zero-order chi connectivity index (χ0) is 10.4. The predicted molar refractivity (Wildman–Crippen MR) is 36.6 cm³/mol. The zero-order valence-corrected chi connectivity index (χ0v) is 7.35. The van der Waals surface area contributed by atoms with Crippen molar-refractivity contribution in [2.45, 2.75) is 0 Å². The number of rotatable bonds is 2. The minimum absolute atomic E-state index is 1.09. The molecule has 72 valence electrons. The van der Waals surface area contributed by atoms with Crippen molar-refractivity contribution in [1.29, 1.82) is 0 Å². The lowest BCUT2D eigenvalue weighted by atomic mass is 10.8.